The van der Waals surface area contributed by atoms with Crippen LogP contribution < -0.4 is 5.73 Å². The lowest BCUT2D eigenvalue weighted by molar-refractivity contribution is -0.0574. The Morgan fingerprint density at radius 3 is 1.19 bits per heavy atom. The third-order valence-corrected chi connectivity index (χ3v) is 10.6. The van der Waals surface area contributed by atoms with Crippen LogP contribution in [0.15, 0.2) is 0 Å². The van der Waals surface area contributed by atoms with Gasteiger partial charge in [0.25, 0.3) is 0 Å². The summed E-state index contributed by atoms with van der Waals surface area (Å²) in [5, 5.41) is 1.28. The maximum Gasteiger partial charge on any atom is 0.00882 e. The highest BCUT2D eigenvalue weighted by Gasteiger charge is 2.51. The van der Waals surface area contributed by atoms with E-state index in [9.17, 15) is 0 Å². The van der Waals surface area contributed by atoms with Crippen LogP contribution in [0.2, 0.25) is 0 Å². The summed E-state index contributed by atoms with van der Waals surface area (Å²) in [5.74, 6) is 6.81. The maximum absolute atomic E-state index is 4.50. The van der Waals surface area contributed by atoms with Crippen LogP contribution in [0.4, 0.5) is 0 Å². The van der Waals surface area contributed by atoms with E-state index in [-0.39, 0.29) is 0 Å². The van der Waals surface area contributed by atoms with Gasteiger partial charge in [0.1, 0.15) is 0 Å². The number of hydrogen-bond donors (Lipinski definition) is 1. The van der Waals surface area contributed by atoms with E-state index in [2.05, 4.69) is 28.6 Å². The zero-order chi connectivity index (χ0) is 19.1. The minimum absolute atomic E-state index is 0.759. The molecule has 0 aromatic carbocycles. The van der Waals surface area contributed by atoms with Gasteiger partial charge < -0.3 is 5.73 Å². The number of halogens is 1. The summed E-state index contributed by atoms with van der Waals surface area (Å²) in [5.41, 5.74) is 6.11. The molecule has 0 saturated heterocycles. The highest BCUT2D eigenvalue weighted by molar-refractivity contribution is 9.09. The highest BCUT2D eigenvalue weighted by Crippen LogP contribution is 2.62. The summed E-state index contributed by atoms with van der Waals surface area (Å²) in [6, 6.07) is 0. The summed E-state index contributed by atoms with van der Waals surface area (Å²) in [4.78, 5) is 0. The molecule has 2 heteroatoms. The van der Waals surface area contributed by atoms with E-state index in [4.69, 9.17) is 0 Å². The lowest BCUT2D eigenvalue weighted by Crippen LogP contribution is -2.46. The number of nitrogens with two attached hydrogens (primary N) is 1. The molecule has 0 aromatic rings. The quantitative estimate of drug-likeness (QED) is 0.464. The normalized spacial score (nSPS) is 50.7. The van der Waals surface area contributed by atoms with Crippen molar-refractivity contribution in [2.75, 3.05) is 12.4 Å². The van der Waals surface area contributed by atoms with Crippen LogP contribution in [0.1, 0.15) is 96.8 Å². The first-order valence-electron chi connectivity index (χ1n) is 12.2. The monoisotopic (exact) mass is 437 g/mol. The third kappa shape index (κ3) is 4.18. The molecule has 0 spiro atoms. The van der Waals surface area contributed by atoms with Crippen molar-refractivity contribution in [3.63, 3.8) is 0 Å². The predicted molar refractivity (Wildman–Crippen MR) is 120 cm³/mol. The summed E-state index contributed by atoms with van der Waals surface area (Å²) in [6.07, 6.45) is 21.9. The zero-order valence-corrected chi connectivity index (χ0v) is 19.6. The molecule has 8 saturated carbocycles. The molecule has 8 fully saturated rings. The molecular weight excluding hydrogens is 394 g/mol. The van der Waals surface area contributed by atoms with Gasteiger partial charge in [0.2, 0.25) is 0 Å². The van der Waals surface area contributed by atoms with E-state index in [0.29, 0.717) is 0 Å². The second-order valence-corrected chi connectivity index (χ2v) is 12.3. The lowest BCUT2D eigenvalue weighted by Gasteiger charge is -2.57. The van der Waals surface area contributed by atoms with Crippen molar-refractivity contribution in [3.8, 4) is 0 Å². The second kappa shape index (κ2) is 8.29. The molecule has 156 valence electrons. The Labute approximate surface area is 177 Å². The Bertz CT molecular complexity index is 428. The van der Waals surface area contributed by atoms with Crippen molar-refractivity contribution in [1.82, 2.24) is 0 Å². The average Bonchev–Trinajstić information content (AvgIpc) is 2.62. The van der Waals surface area contributed by atoms with Crippen molar-refractivity contribution in [3.05, 3.63) is 0 Å². The van der Waals surface area contributed by atoms with Gasteiger partial charge in [-0.1, -0.05) is 29.3 Å². The molecule has 1 nitrogen and oxygen atoms in total. The highest BCUT2D eigenvalue weighted by atomic mass is 79.9. The number of alkyl halides is 1. The van der Waals surface area contributed by atoms with Crippen molar-refractivity contribution in [2.24, 2.45) is 52.1 Å². The maximum atomic E-state index is 4.50. The van der Waals surface area contributed by atoms with Crippen LogP contribution in [0.25, 0.3) is 0 Å². The van der Waals surface area contributed by atoms with E-state index in [1.54, 1.807) is 77.0 Å². The van der Waals surface area contributed by atoms with Crippen molar-refractivity contribution in [1.29, 1.82) is 0 Å². The van der Waals surface area contributed by atoms with Crippen LogP contribution in [0.3, 0.4) is 0 Å². The zero-order valence-electron chi connectivity index (χ0n) is 18.0. The largest absolute Gasteiger partial charge is 0.333 e. The number of rotatable bonds is 3. The van der Waals surface area contributed by atoms with Crippen molar-refractivity contribution < 1.29 is 0 Å². The minimum atomic E-state index is 0.759. The SMILES string of the molecule is BrCC12CC3CC(CC(C3)C1)C2.CCCC12CC3CC(CC(C3)C1)C2.CN. The van der Waals surface area contributed by atoms with Gasteiger partial charge in [0.05, 0.1) is 0 Å². The first-order chi connectivity index (χ1) is 13.1. The van der Waals surface area contributed by atoms with Crippen molar-refractivity contribution in [2.45, 2.75) is 96.8 Å². The van der Waals surface area contributed by atoms with Crippen LogP contribution >= 0.6 is 15.9 Å². The van der Waals surface area contributed by atoms with Gasteiger partial charge in [-0.05, 0) is 137 Å². The first-order valence-corrected chi connectivity index (χ1v) is 13.4. The van der Waals surface area contributed by atoms with Crippen molar-refractivity contribution >= 4 is 15.9 Å². The molecule has 0 radical (unpaired) electrons. The molecule has 8 rings (SSSR count). The smallest absolute Gasteiger partial charge is 0.00882 e. The molecule has 0 aromatic heterocycles. The fourth-order valence-corrected chi connectivity index (χ4v) is 10.3. The molecule has 0 atom stereocenters. The standard InChI is InChI=1S/C13H22.C11H17Br.CH5N/c1-2-3-13-7-10-4-11(8-13)6-12(5-10)9-13;12-7-11-4-8-1-9(5-11)3-10(2-8)6-11;1-2/h10-12H,2-9H2,1H3;8-10H,1-7H2;2H2,1H3. The summed E-state index contributed by atoms with van der Waals surface area (Å²) < 4.78 is 0. The van der Waals surface area contributed by atoms with E-state index in [1.807, 2.05) is 0 Å². The van der Waals surface area contributed by atoms with E-state index in [0.717, 1.165) is 46.3 Å². The van der Waals surface area contributed by atoms with Gasteiger partial charge in [-0.15, -0.1) is 0 Å². The average molecular weight is 439 g/mol. The Kier molecular flexibility index (Phi) is 6.35. The molecule has 8 aliphatic rings. The number of hydrogen-bond acceptors (Lipinski definition) is 1. The van der Waals surface area contributed by atoms with E-state index >= 15 is 0 Å². The second-order valence-electron chi connectivity index (χ2n) is 11.7. The topological polar surface area (TPSA) is 26.0 Å². The Balaban J connectivity index is 0.000000123. The first kappa shape index (κ1) is 20.7. The summed E-state index contributed by atoms with van der Waals surface area (Å²) in [7, 11) is 1.50. The van der Waals surface area contributed by atoms with Crippen LogP contribution in [-0.2, 0) is 0 Å². The molecule has 2 N–H and O–H groups in total. The Morgan fingerprint density at radius 2 is 0.926 bits per heavy atom. The van der Waals surface area contributed by atoms with Gasteiger partial charge in [-0.3, -0.25) is 0 Å². The molecule has 0 heterocycles. The van der Waals surface area contributed by atoms with Crippen LogP contribution in [-0.4, -0.2) is 12.4 Å². The molecule has 8 bridgehead atoms. The minimum Gasteiger partial charge on any atom is -0.333 e. The lowest BCUT2D eigenvalue weighted by atomic mass is 9.49. The van der Waals surface area contributed by atoms with Gasteiger partial charge in [0.15, 0.2) is 0 Å². The Hall–Kier alpha value is 0.440. The fraction of sp³-hybridized carbons (Fsp3) is 1.00. The van der Waals surface area contributed by atoms with E-state index < -0.39 is 0 Å². The summed E-state index contributed by atoms with van der Waals surface area (Å²) in [6.45, 7) is 2.37. The van der Waals surface area contributed by atoms with Gasteiger partial charge in [-0.2, -0.15) is 0 Å². The third-order valence-electron chi connectivity index (χ3n) is 9.39. The molecule has 0 amide bonds. The molecule has 8 aliphatic carbocycles. The predicted octanol–water partition coefficient (Wildman–Crippen LogP) is 7.18. The van der Waals surface area contributed by atoms with Gasteiger partial charge >= 0.3 is 0 Å². The van der Waals surface area contributed by atoms with Crippen LogP contribution in [0, 0.1) is 46.3 Å². The van der Waals surface area contributed by atoms with Crippen LogP contribution in [0.5, 0.6) is 0 Å². The molecule has 0 unspecified atom stereocenters. The van der Waals surface area contributed by atoms with Gasteiger partial charge in [0, 0.05) is 5.33 Å². The molecule has 0 aliphatic heterocycles. The summed E-state index contributed by atoms with van der Waals surface area (Å²) >= 11 is 3.74. The van der Waals surface area contributed by atoms with Gasteiger partial charge in [-0.25, -0.2) is 0 Å². The molecular formula is C25H44BrN. The Morgan fingerprint density at radius 1 is 0.630 bits per heavy atom. The van der Waals surface area contributed by atoms with E-state index in [1.165, 1.54) is 25.2 Å². The molecule has 27 heavy (non-hydrogen) atoms. The fourth-order valence-electron chi connectivity index (χ4n) is 9.58.